The fourth-order valence-corrected chi connectivity index (χ4v) is 10.6. The molecule has 2 aromatic carbocycles. The van der Waals surface area contributed by atoms with Crippen LogP contribution in [0.5, 0.6) is 0 Å². The summed E-state index contributed by atoms with van der Waals surface area (Å²) in [6, 6.07) is 15.1. The molecule has 0 aliphatic carbocycles. The van der Waals surface area contributed by atoms with Crippen molar-refractivity contribution in [1.29, 1.82) is 0 Å². The number of pyridine rings is 1. The van der Waals surface area contributed by atoms with Gasteiger partial charge in [0.1, 0.15) is 11.9 Å². The van der Waals surface area contributed by atoms with Crippen LogP contribution in [-0.2, 0) is 9.59 Å². The highest BCUT2D eigenvalue weighted by atomic mass is 35.5. The largest absolute Gasteiger partial charge is 0.370 e. The molecule has 6 aliphatic heterocycles. The van der Waals surface area contributed by atoms with Gasteiger partial charge in [0, 0.05) is 94.3 Å². The summed E-state index contributed by atoms with van der Waals surface area (Å²) in [4.78, 5) is 72.3. The van der Waals surface area contributed by atoms with Gasteiger partial charge in [0.05, 0.1) is 29.6 Å². The Morgan fingerprint density at radius 1 is 0.810 bits per heavy atom. The topological polar surface area (TPSA) is 117 Å². The Hall–Kier alpha value is -5.19. The lowest BCUT2D eigenvalue weighted by molar-refractivity contribution is -0.136. The monoisotopic (exact) mass is 803 g/mol. The summed E-state index contributed by atoms with van der Waals surface area (Å²) in [5, 5.41) is 2.79. The van der Waals surface area contributed by atoms with E-state index in [1.54, 1.807) is 12.1 Å². The number of nitrogens with one attached hydrogen (secondary N) is 1. The maximum Gasteiger partial charge on any atom is 0.262 e. The Kier molecular flexibility index (Phi) is 10.3. The summed E-state index contributed by atoms with van der Waals surface area (Å²) in [7, 11) is 0. The normalized spacial score (nSPS) is 24.1. The van der Waals surface area contributed by atoms with Crippen molar-refractivity contribution in [2.24, 2.45) is 11.3 Å². The van der Waals surface area contributed by atoms with Crippen LogP contribution in [0.2, 0.25) is 5.02 Å². The van der Waals surface area contributed by atoms with Gasteiger partial charge in [-0.15, -0.1) is 0 Å². The van der Waals surface area contributed by atoms with Crippen molar-refractivity contribution in [3.8, 4) is 0 Å². The Labute approximate surface area is 344 Å². The fourth-order valence-electron chi connectivity index (χ4n) is 10.3. The van der Waals surface area contributed by atoms with Crippen LogP contribution in [0.25, 0.3) is 4.85 Å². The predicted octanol–water partition coefficient (Wildman–Crippen LogP) is 5.61. The number of halogens is 1. The fraction of sp³-hybridized carbons (Fsp3) is 0.500. The molecule has 5 fully saturated rings. The van der Waals surface area contributed by atoms with Gasteiger partial charge in [-0.2, -0.15) is 0 Å². The van der Waals surface area contributed by atoms with E-state index in [0.29, 0.717) is 39.2 Å². The number of nitrogens with zero attached hydrogens (tertiary/aromatic N) is 8. The molecule has 3 aromatic rings. The third kappa shape index (κ3) is 7.26. The van der Waals surface area contributed by atoms with E-state index in [9.17, 15) is 19.2 Å². The van der Waals surface area contributed by atoms with E-state index in [1.807, 2.05) is 24.3 Å². The second kappa shape index (κ2) is 15.5. The van der Waals surface area contributed by atoms with Crippen molar-refractivity contribution in [3.05, 3.63) is 82.3 Å². The molecule has 58 heavy (non-hydrogen) atoms. The molecule has 1 unspecified atom stereocenters. The number of amides is 4. The highest BCUT2D eigenvalue weighted by Gasteiger charge is 2.46. The number of piperazine rings is 1. The summed E-state index contributed by atoms with van der Waals surface area (Å²) in [6.07, 6.45) is 8.05. The number of aromatic nitrogens is 1. The van der Waals surface area contributed by atoms with E-state index < -0.39 is 23.8 Å². The molecule has 7 heterocycles. The van der Waals surface area contributed by atoms with E-state index in [4.69, 9.17) is 23.2 Å². The van der Waals surface area contributed by atoms with Crippen molar-refractivity contribution in [2.45, 2.75) is 64.0 Å². The van der Waals surface area contributed by atoms with Crippen LogP contribution in [0, 0.1) is 17.9 Å². The van der Waals surface area contributed by atoms with Crippen LogP contribution in [0.1, 0.15) is 72.6 Å². The number of rotatable bonds is 7. The van der Waals surface area contributed by atoms with Crippen molar-refractivity contribution in [1.82, 2.24) is 20.1 Å². The van der Waals surface area contributed by atoms with Crippen LogP contribution in [0.3, 0.4) is 0 Å². The zero-order valence-corrected chi connectivity index (χ0v) is 33.8. The summed E-state index contributed by atoms with van der Waals surface area (Å²) in [6.45, 7) is 19.3. The molecular weight excluding hydrogens is 754 g/mol. The first-order valence-corrected chi connectivity index (χ1v) is 21.2. The number of hydrogen-bond acceptors (Lipinski definition) is 10. The third-order valence-corrected chi connectivity index (χ3v) is 14.0. The van der Waals surface area contributed by atoms with Gasteiger partial charge in [0.2, 0.25) is 17.5 Å². The first-order valence-electron chi connectivity index (χ1n) is 20.8. The van der Waals surface area contributed by atoms with E-state index in [2.05, 4.69) is 59.9 Å². The van der Waals surface area contributed by atoms with Gasteiger partial charge in [0.15, 0.2) is 0 Å². The number of imide groups is 2. The van der Waals surface area contributed by atoms with Gasteiger partial charge in [-0.1, -0.05) is 17.7 Å². The summed E-state index contributed by atoms with van der Waals surface area (Å²) < 4.78 is 0. The van der Waals surface area contributed by atoms with E-state index in [1.165, 1.54) is 12.1 Å². The Bertz CT molecular complexity index is 2150. The minimum absolute atomic E-state index is 0.103. The first-order chi connectivity index (χ1) is 28.1. The van der Waals surface area contributed by atoms with Crippen molar-refractivity contribution < 1.29 is 19.2 Å². The smallest absolute Gasteiger partial charge is 0.262 e. The lowest BCUT2D eigenvalue weighted by atomic mass is 9.76. The predicted molar refractivity (Wildman–Crippen MR) is 224 cm³/mol. The molecular formula is C44H50ClN9O4. The molecule has 0 bridgehead atoms. The highest BCUT2D eigenvalue weighted by molar-refractivity contribution is 6.33. The Morgan fingerprint density at radius 3 is 2.21 bits per heavy atom. The maximum absolute atomic E-state index is 13.3. The third-order valence-electron chi connectivity index (χ3n) is 13.7. The molecule has 14 heteroatoms. The zero-order chi connectivity index (χ0) is 40.1. The number of carbonyl (C=O) groups excluding carboxylic acids is 4. The summed E-state index contributed by atoms with van der Waals surface area (Å²) in [5.41, 5.74) is 4.66. The number of hydrogen-bond donors (Lipinski definition) is 1. The van der Waals surface area contributed by atoms with Gasteiger partial charge in [-0.25, -0.2) is 9.83 Å². The SMILES string of the molecule is [C-]#[N+]c1ccc(N2CC3(CCN(c4ccc(N5CCC(CN6CCN(c7ccc8c(c7)C(=O)N(C7CCC(=O)NC7=O)C8=O)CC6)CC5)nc4)CC3)C[C@@H]2C)cc1Cl. The molecule has 9 rings (SSSR count). The second-order valence-corrected chi connectivity index (χ2v) is 17.6. The minimum Gasteiger partial charge on any atom is -0.370 e. The number of piperidine rings is 3. The molecule has 1 spiro atoms. The van der Waals surface area contributed by atoms with Crippen LogP contribution >= 0.6 is 11.6 Å². The summed E-state index contributed by atoms with van der Waals surface area (Å²) >= 11 is 6.40. The molecule has 0 saturated carbocycles. The van der Waals surface area contributed by atoms with Gasteiger partial charge >= 0.3 is 0 Å². The molecule has 302 valence electrons. The van der Waals surface area contributed by atoms with E-state index in [-0.39, 0.29) is 18.7 Å². The number of fused-ring (bicyclic) bond motifs is 1. The van der Waals surface area contributed by atoms with Crippen molar-refractivity contribution >= 4 is 63.8 Å². The Balaban J connectivity index is 0.721. The van der Waals surface area contributed by atoms with Crippen molar-refractivity contribution in [2.75, 3.05) is 85.0 Å². The standard InChI is InChI=1S/C44H50ClN9O4/c1-29-25-44(28-53(29)32-4-7-37(46-2)36(45)24-32)13-17-50(18-14-44)33-5-9-39(47-26-33)52-15-11-30(12-16-52)27-49-19-21-51(22-20-49)31-3-6-34-35(23-31)43(58)54(42(34)57)38-8-10-40(55)48-41(38)56/h3-7,9,23-24,26,29-30,38H,8,10-22,25,27-28H2,1H3,(H,48,55,56)/t29-,38?/m0/s1. The van der Waals surface area contributed by atoms with Gasteiger partial charge in [-0.3, -0.25) is 34.3 Å². The van der Waals surface area contributed by atoms with Gasteiger partial charge < -0.3 is 19.6 Å². The molecule has 13 nitrogen and oxygen atoms in total. The molecule has 5 saturated heterocycles. The lowest BCUT2D eigenvalue weighted by Crippen LogP contribution is -2.54. The van der Waals surface area contributed by atoms with Crippen LogP contribution in [-0.4, -0.2) is 116 Å². The Morgan fingerprint density at radius 2 is 1.52 bits per heavy atom. The molecule has 0 radical (unpaired) electrons. The molecule has 1 N–H and O–H groups in total. The summed E-state index contributed by atoms with van der Waals surface area (Å²) in [5.74, 6) is -0.229. The second-order valence-electron chi connectivity index (χ2n) is 17.2. The van der Waals surface area contributed by atoms with E-state index >= 15 is 0 Å². The molecule has 6 aliphatic rings. The molecule has 1 aromatic heterocycles. The zero-order valence-electron chi connectivity index (χ0n) is 33.0. The van der Waals surface area contributed by atoms with Crippen LogP contribution in [0.15, 0.2) is 54.7 Å². The highest BCUT2D eigenvalue weighted by Crippen LogP contribution is 2.46. The number of anilines is 4. The van der Waals surface area contributed by atoms with Crippen molar-refractivity contribution in [3.63, 3.8) is 0 Å². The molecule has 4 amide bonds. The van der Waals surface area contributed by atoms with Crippen LogP contribution in [0.4, 0.5) is 28.6 Å². The quantitative estimate of drug-likeness (QED) is 0.239. The van der Waals surface area contributed by atoms with Crippen LogP contribution < -0.4 is 24.9 Å². The minimum atomic E-state index is -0.959. The average Bonchev–Trinajstić information content (AvgIpc) is 3.69. The molecule has 2 atom stereocenters. The number of benzene rings is 2. The average molecular weight is 804 g/mol. The van der Waals surface area contributed by atoms with Gasteiger partial charge in [-0.05, 0) is 99.2 Å². The lowest BCUT2D eigenvalue weighted by Gasteiger charge is -2.41. The first kappa shape index (κ1) is 38.3. The van der Waals surface area contributed by atoms with Gasteiger partial charge in [0.25, 0.3) is 11.8 Å². The maximum atomic E-state index is 13.3. The van der Waals surface area contributed by atoms with E-state index in [0.717, 1.165) is 113 Å². The number of carbonyl (C=O) groups is 4.